The number of carboxylic acid groups (broad SMARTS) is 1. The van der Waals surface area contributed by atoms with Gasteiger partial charge in [0.05, 0.1) is 25.0 Å². The number of thiocarbonyl (C=S) groups is 1. The van der Waals surface area contributed by atoms with Crippen molar-refractivity contribution in [2.75, 3.05) is 18.6 Å². The van der Waals surface area contributed by atoms with Gasteiger partial charge in [0, 0.05) is 11.6 Å². The summed E-state index contributed by atoms with van der Waals surface area (Å²) in [7, 11) is 1.48. The molecule has 3 aromatic rings. The Kier molecular flexibility index (Phi) is 8.03. The monoisotopic (exact) mass is 532 g/mol. The lowest BCUT2D eigenvalue weighted by Crippen LogP contribution is -2.54. The third-order valence-corrected chi connectivity index (χ3v) is 5.89. The number of nitrogens with one attached hydrogen (secondary N) is 1. The molecule has 1 saturated heterocycles. The third-order valence-electron chi connectivity index (χ3n) is 5.60. The standard InChI is InChI=1S/C28H24N2O7S/c1-3-36-21-8-5-7-20(15-21)30-26(32)22(25(31)29-28(30)38)14-19-6-4-9-23(35-2)24(19)37-16-17-10-12-18(13-11-17)27(33)34/h4-15H,3,16H2,1-2H3,(H,33,34)(H,29,31,38)/b22-14+. The van der Waals surface area contributed by atoms with Crippen molar-refractivity contribution in [1.29, 1.82) is 0 Å². The van der Waals surface area contributed by atoms with Gasteiger partial charge in [0.2, 0.25) is 0 Å². The maximum Gasteiger partial charge on any atom is 0.335 e. The first-order valence-electron chi connectivity index (χ1n) is 11.6. The Labute approximate surface area is 224 Å². The Morgan fingerprint density at radius 3 is 2.47 bits per heavy atom. The lowest BCUT2D eigenvalue weighted by Gasteiger charge is -2.29. The highest BCUT2D eigenvalue weighted by molar-refractivity contribution is 7.80. The molecule has 9 nitrogen and oxygen atoms in total. The predicted octanol–water partition coefficient (Wildman–Crippen LogP) is 4.20. The van der Waals surface area contributed by atoms with Crippen LogP contribution in [0.3, 0.4) is 0 Å². The van der Waals surface area contributed by atoms with E-state index in [-0.39, 0.29) is 22.9 Å². The summed E-state index contributed by atoms with van der Waals surface area (Å²) in [6, 6.07) is 18.2. The van der Waals surface area contributed by atoms with Crippen molar-refractivity contribution in [3.63, 3.8) is 0 Å². The summed E-state index contributed by atoms with van der Waals surface area (Å²) in [4.78, 5) is 38.7. The van der Waals surface area contributed by atoms with Crippen LogP contribution in [0.5, 0.6) is 17.2 Å². The number of methoxy groups -OCH3 is 1. The minimum absolute atomic E-state index is 0.0438. The largest absolute Gasteiger partial charge is 0.494 e. The van der Waals surface area contributed by atoms with Crippen LogP contribution in [-0.2, 0) is 16.2 Å². The van der Waals surface area contributed by atoms with E-state index in [0.717, 1.165) is 5.56 Å². The molecule has 1 aliphatic heterocycles. The first kappa shape index (κ1) is 26.4. The van der Waals surface area contributed by atoms with Crippen molar-refractivity contribution < 1.29 is 33.7 Å². The van der Waals surface area contributed by atoms with Gasteiger partial charge in [-0.05, 0) is 61.1 Å². The molecule has 0 aromatic heterocycles. The number of nitrogens with zero attached hydrogens (tertiary/aromatic N) is 1. The second-order valence-electron chi connectivity index (χ2n) is 8.06. The summed E-state index contributed by atoms with van der Waals surface area (Å²) in [5, 5.41) is 11.6. The van der Waals surface area contributed by atoms with E-state index < -0.39 is 17.8 Å². The molecule has 1 fully saturated rings. The summed E-state index contributed by atoms with van der Waals surface area (Å²) in [6.07, 6.45) is 1.42. The molecule has 38 heavy (non-hydrogen) atoms. The van der Waals surface area contributed by atoms with Gasteiger partial charge < -0.3 is 19.3 Å². The maximum atomic E-state index is 13.5. The second-order valence-corrected chi connectivity index (χ2v) is 8.44. The first-order valence-corrected chi connectivity index (χ1v) is 12.0. The molecule has 1 aliphatic rings. The Morgan fingerprint density at radius 1 is 1.05 bits per heavy atom. The van der Waals surface area contributed by atoms with E-state index in [1.807, 2.05) is 6.92 Å². The van der Waals surface area contributed by atoms with Gasteiger partial charge in [-0.25, -0.2) is 4.79 Å². The molecule has 2 amide bonds. The molecule has 0 unspecified atom stereocenters. The molecule has 194 valence electrons. The van der Waals surface area contributed by atoms with E-state index in [0.29, 0.717) is 35.1 Å². The number of anilines is 1. The number of carboxylic acids is 1. The van der Waals surface area contributed by atoms with Gasteiger partial charge in [0.1, 0.15) is 17.9 Å². The lowest BCUT2D eigenvalue weighted by molar-refractivity contribution is -0.122. The number of hydrogen-bond acceptors (Lipinski definition) is 7. The fourth-order valence-corrected chi connectivity index (χ4v) is 4.07. The van der Waals surface area contributed by atoms with Crippen molar-refractivity contribution in [2.24, 2.45) is 0 Å². The van der Waals surface area contributed by atoms with Gasteiger partial charge in [-0.2, -0.15) is 0 Å². The van der Waals surface area contributed by atoms with Crippen LogP contribution in [0.2, 0.25) is 0 Å². The van der Waals surface area contributed by atoms with E-state index in [2.05, 4.69) is 5.32 Å². The topological polar surface area (TPSA) is 114 Å². The van der Waals surface area contributed by atoms with Crippen LogP contribution in [-0.4, -0.2) is 41.7 Å². The van der Waals surface area contributed by atoms with Crippen molar-refractivity contribution in [3.8, 4) is 17.2 Å². The molecule has 2 N–H and O–H groups in total. The van der Waals surface area contributed by atoms with Crippen LogP contribution in [0.1, 0.15) is 28.4 Å². The zero-order chi connectivity index (χ0) is 27.2. The number of ether oxygens (including phenoxy) is 3. The number of carbonyl (C=O) groups is 3. The number of hydrogen-bond donors (Lipinski definition) is 2. The minimum Gasteiger partial charge on any atom is -0.494 e. The zero-order valence-electron chi connectivity index (χ0n) is 20.6. The number of rotatable bonds is 9. The number of aromatic carboxylic acids is 1. The number of carbonyl (C=O) groups excluding carboxylic acids is 2. The SMILES string of the molecule is CCOc1cccc(N2C(=O)/C(=C/c3cccc(OC)c3OCc3ccc(C(=O)O)cc3)C(=O)NC2=S)c1. The van der Waals surface area contributed by atoms with Crippen LogP contribution in [0.4, 0.5) is 5.69 Å². The minimum atomic E-state index is -1.02. The highest BCUT2D eigenvalue weighted by atomic mass is 32.1. The van der Waals surface area contributed by atoms with Crippen molar-refractivity contribution in [3.05, 3.63) is 89.0 Å². The average molecular weight is 533 g/mol. The number of para-hydroxylation sites is 1. The third kappa shape index (κ3) is 5.65. The number of amides is 2. The van der Waals surface area contributed by atoms with E-state index in [1.54, 1.807) is 54.6 Å². The molecule has 0 bridgehead atoms. The van der Waals surface area contributed by atoms with E-state index in [1.165, 1.54) is 30.2 Å². The van der Waals surface area contributed by atoms with Crippen LogP contribution < -0.4 is 24.4 Å². The second kappa shape index (κ2) is 11.6. The average Bonchev–Trinajstić information content (AvgIpc) is 2.90. The molecule has 1 heterocycles. The molecular weight excluding hydrogens is 508 g/mol. The molecule has 0 aliphatic carbocycles. The molecule has 0 radical (unpaired) electrons. The summed E-state index contributed by atoms with van der Waals surface area (Å²) in [5.74, 6) is -1.02. The fourth-order valence-electron chi connectivity index (χ4n) is 3.79. The van der Waals surface area contributed by atoms with Crippen LogP contribution >= 0.6 is 12.2 Å². The maximum absolute atomic E-state index is 13.5. The van der Waals surface area contributed by atoms with Gasteiger partial charge in [-0.15, -0.1) is 0 Å². The van der Waals surface area contributed by atoms with Gasteiger partial charge >= 0.3 is 5.97 Å². The Hall–Kier alpha value is -4.70. The molecule has 0 atom stereocenters. The Bertz CT molecular complexity index is 1430. The molecule has 0 spiro atoms. The smallest absolute Gasteiger partial charge is 0.335 e. The zero-order valence-corrected chi connectivity index (χ0v) is 21.4. The summed E-state index contributed by atoms with van der Waals surface area (Å²) >= 11 is 5.30. The predicted molar refractivity (Wildman–Crippen MR) is 145 cm³/mol. The molecule has 10 heteroatoms. The summed E-state index contributed by atoms with van der Waals surface area (Å²) in [6.45, 7) is 2.40. The van der Waals surface area contributed by atoms with Crippen molar-refractivity contribution in [1.82, 2.24) is 5.32 Å². The van der Waals surface area contributed by atoms with E-state index in [9.17, 15) is 14.4 Å². The van der Waals surface area contributed by atoms with Crippen molar-refractivity contribution in [2.45, 2.75) is 13.5 Å². The van der Waals surface area contributed by atoms with Gasteiger partial charge in [0.25, 0.3) is 11.8 Å². The number of benzene rings is 3. The van der Waals surface area contributed by atoms with Gasteiger partial charge in [-0.3, -0.25) is 19.8 Å². The first-order chi connectivity index (χ1) is 18.3. The Morgan fingerprint density at radius 2 is 1.79 bits per heavy atom. The van der Waals surface area contributed by atoms with Crippen LogP contribution in [0.15, 0.2) is 72.3 Å². The van der Waals surface area contributed by atoms with Gasteiger partial charge in [-0.1, -0.05) is 30.3 Å². The summed E-state index contributed by atoms with van der Waals surface area (Å²) < 4.78 is 17.0. The Balaban J connectivity index is 1.66. The highest BCUT2D eigenvalue weighted by Gasteiger charge is 2.35. The van der Waals surface area contributed by atoms with Crippen LogP contribution in [0, 0.1) is 0 Å². The molecule has 3 aromatic carbocycles. The normalized spacial score (nSPS) is 14.3. The lowest BCUT2D eigenvalue weighted by atomic mass is 10.1. The quantitative estimate of drug-likeness (QED) is 0.239. The summed E-state index contributed by atoms with van der Waals surface area (Å²) in [5.41, 5.74) is 1.61. The van der Waals surface area contributed by atoms with Crippen LogP contribution in [0.25, 0.3) is 6.08 Å². The van der Waals surface area contributed by atoms with E-state index >= 15 is 0 Å². The fraction of sp³-hybridized carbons (Fsp3) is 0.143. The molecular formula is C28H24N2O7S. The van der Waals surface area contributed by atoms with Crippen molar-refractivity contribution >= 4 is 46.9 Å². The highest BCUT2D eigenvalue weighted by Crippen LogP contribution is 2.34. The van der Waals surface area contributed by atoms with E-state index in [4.69, 9.17) is 31.5 Å². The van der Waals surface area contributed by atoms with Gasteiger partial charge in [0.15, 0.2) is 16.6 Å². The molecule has 0 saturated carbocycles. The molecule has 4 rings (SSSR count).